The number of nitrogens with two attached hydrogens (primary N) is 1. The molecule has 3 aliphatic heterocycles. The fourth-order valence-electron chi connectivity index (χ4n) is 4.61. The molecule has 0 bridgehead atoms. The van der Waals surface area contributed by atoms with E-state index in [2.05, 4.69) is 5.32 Å². The molecule has 0 radical (unpaired) electrons. The van der Waals surface area contributed by atoms with Crippen molar-refractivity contribution in [3.63, 3.8) is 0 Å². The lowest BCUT2D eigenvalue weighted by Crippen LogP contribution is -2.52. The number of carbonyl (C=O) groups excluding carboxylic acids is 4. The Balaban J connectivity index is 1.54. The Kier molecular flexibility index (Phi) is 5.36. The molecule has 0 aromatic heterocycles. The van der Waals surface area contributed by atoms with Gasteiger partial charge in [-0.3, -0.25) is 24.5 Å². The normalized spacial score (nSPS) is 24.5. The van der Waals surface area contributed by atoms with E-state index in [0.717, 1.165) is 31.2 Å². The number of piperidine rings is 2. The van der Waals surface area contributed by atoms with Gasteiger partial charge >= 0.3 is 0 Å². The molecule has 8 heteroatoms. The Morgan fingerprint density at radius 2 is 2.00 bits per heavy atom. The lowest BCUT2D eigenvalue weighted by atomic mass is 9.97. The van der Waals surface area contributed by atoms with Gasteiger partial charge in [-0.15, -0.1) is 0 Å². The molecule has 29 heavy (non-hydrogen) atoms. The number of likely N-dealkylation sites (tertiary alicyclic amines) is 1. The van der Waals surface area contributed by atoms with Crippen molar-refractivity contribution in [2.24, 2.45) is 5.73 Å². The van der Waals surface area contributed by atoms with E-state index < -0.39 is 11.9 Å². The van der Waals surface area contributed by atoms with Gasteiger partial charge in [0.15, 0.2) is 0 Å². The van der Waals surface area contributed by atoms with E-state index in [1.807, 2.05) is 4.90 Å². The van der Waals surface area contributed by atoms with Crippen LogP contribution in [0, 0.1) is 0 Å². The molecule has 2 unspecified atom stereocenters. The highest BCUT2D eigenvalue weighted by molar-refractivity contribution is 6.06. The first-order valence-electron chi connectivity index (χ1n) is 10.3. The van der Waals surface area contributed by atoms with Crippen molar-refractivity contribution in [3.05, 3.63) is 34.9 Å². The standard InChI is InChI=1S/C21H26N4O4/c22-9-8-15-3-1-2-10-24(15)20(28)13-4-5-14-12-25(21(29)16(14)11-13)17-6-7-18(26)23-19(17)27/h4-5,11,15,17H,1-3,6-10,12,22H2,(H,23,26,27). The van der Waals surface area contributed by atoms with Crippen LogP contribution in [0.25, 0.3) is 0 Å². The summed E-state index contributed by atoms with van der Waals surface area (Å²) in [5.74, 6) is -1.08. The van der Waals surface area contributed by atoms with Crippen molar-refractivity contribution < 1.29 is 19.2 Å². The van der Waals surface area contributed by atoms with Crippen molar-refractivity contribution in [2.75, 3.05) is 13.1 Å². The first kappa shape index (κ1) is 19.6. The predicted molar refractivity (Wildman–Crippen MR) is 105 cm³/mol. The minimum absolute atomic E-state index is 0.0711. The fraction of sp³-hybridized carbons (Fsp3) is 0.524. The van der Waals surface area contributed by atoms with E-state index in [1.54, 1.807) is 18.2 Å². The van der Waals surface area contributed by atoms with Gasteiger partial charge < -0.3 is 15.5 Å². The lowest BCUT2D eigenvalue weighted by molar-refractivity contribution is -0.136. The van der Waals surface area contributed by atoms with Crippen molar-refractivity contribution in [3.8, 4) is 0 Å². The molecule has 0 saturated carbocycles. The average molecular weight is 398 g/mol. The van der Waals surface area contributed by atoms with Crippen LogP contribution in [0.3, 0.4) is 0 Å². The molecule has 3 aliphatic rings. The summed E-state index contributed by atoms with van der Waals surface area (Å²) in [7, 11) is 0. The van der Waals surface area contributed by atoms with E-state index >= 15 is 0 Å². The van der Waals surface area contributed by atoms with Gasteiger partial charge in [0.25, 0.3) is 11.8 Å². The van der Waals surface area contributed by atoms with Crippen LogP contribution >= 0.6 is 0 Å². The number of benzene rings is 1. The molecule has 2 saturated heterocycles. The maximum atomic E-state index is 13.1. The molecule has 154 valence electrons. The molecule has 3 N–H and O–H groups in total. The zero-order valence-electron chi connectivity index (χ0n) is 16.4. The topological polar surface area (TPSA) is 113 Å². The molecule has 0 spiro atoms. The Labute approximate surface area is 169 Å². The Hall–Kier alpha value is -2.74. The zero-order chi connectivity index (χ0) is 20.5. The Bertz CT molecular complexity index is 866. The third kappa shape index (κ3) is 3.64. The van der Waals surface area contributed by atoms with Crippen molar-refractivity contribution in [1.29, 1.82) is 0 Å². The molecule has 4 amide bonds. The molecular weight excluding hydrogens is 372 g/mol. The highest BCUT2D eigenvalue weighted by Crippen LogP contribution is 2.29. The van der Waals surface area contributed by atoms with Gasteiger partial charge in [-0.05, 0) is 56.3 Å². The number of carbonyl (C=O) groups is 4. The number of nitrogens with zero attached hydrogens (tertiary/aromatic N) is 2. The van der Waals surface area contributed by atoms with E-state index in [-0.39, 0.29) is 30.2 Å². The molecule has 2 fully saturated rings. The van der Waals surface area contributed by atoms with Crippen LogP contribution in [0.4, 0.5) is 0 Å². The van der Waals surface area contributed by atoms with E-state index in [9.17, 15) is 19.2 Å². The van der Waals surface area contributed by atoms with E-state index in [4.69, 9.17) is 5.73 Å². The predicted octanol–water partition coefficient (Wildman–Crippen LogP) is 0.791. The molecule has 2 atom stereocenters. The quantitative estimate of drug-likeness (QED) is 0.728. The van der Waals surface area contributed by atoms with Crippen LogP contribution in [0.1, 0.15) is 64.8 Å². The highest BCUT2D eigenvalue weighted by atomic mass is 16.2. The summed E-state index contributed by atoms with van der Waals surface area (Å²) in [6.07, 6.45) is 4.34. The second-order valence-electron chi connectivity index (χ2n) is 8.00. The van der Waals surface area contributed by atoms with Gasteiger partial charge in [0.05, 0.1) is 0 Å². The molecule has 3 heterocycles. The molecule has 1 aromatic carbocycles. The lowest BCUT2D eigenvalue weighted by Gasteiger charge is -2.35. The summed E-state index contributed by atoms with van der Waals surface area (Å²) < 4.78 is 0. The second kappa shape index (κ2) is 7.94. The third-order valence-corrected chi connectivity index (χ3v) is 6.16. The molecule has 0 aliphatic carbocycles. The Morgan fingerprint density at radius 3 is 2.76 bits per heavy atom. The first-order valence-corrected chi connectivity index (χ1v) is 10.3. The number of fused-ring (bicyclic) bond motifs is 1. The van der Waals surface area contributed by atoms with E-state index in [1.165, 1.54) is 4.90 Å². The molecular formula is C21H26N4O4. The molecule has 1 aromatic rings. The highest BCUT2D eigenvalue weighted by Gasteiger charge is 2.39. The number of imide groups is 1. The number of hydrogen-bond acceptors (Lipinski definition) is 5. The van der Waals surface area contributed by atoms with Gasteiger partial charge in [0.2, 0.25) is 11.8 Å². The fourth-order valence-corrected chi connectivity index (χ4v) is 4.61. The molecule has 8 nitrogen and oxygen atoms in total. The van der Waals surface area contributed by atoms with Crippen molar-refractivity contribution >= 4 is 23.6 Å². The number of rotatable bonds is 4. The average Bonchev–Trinajstić information content (AvgIpc) is 3.04. The SMILES string of the molecule is NCCC1CCCCN1C(=O)c1ccc2c(c1)C(=O)N(C1CCC(=O)NC1=O)C2. The van der Waals surface area contributed by atoms with Gasteiger partial charge in [-0.2, -0.15) is 0 Å². The summed E-state index contributed by atoms with van der Waals surface area (Å²) in [5, 5.41) is 2.30. The van der Waals surface area contributed by atoms with Gasteiger partial charge in [-0.1, -0.05) is 6.07 Å². The number of amides is 4. The van der Waals surface area contributed by atoms with Crippen LogP contribution in [0.15, 0.2) is 18.2 Å². The van der Waals surface area contributed by atoms with Crippen LogP contribution in [-0.2, 0) is 16.1 Å². The van der Waals surface area contributed by atoms with Crippen molar-refractivity contribution in [2.45, 2.75) is 57.2 Å². The number of nitrogens with one attached hydrogen (secondary N) is 1. The summed E-state index contributed by atoms with van der Waals surface area (Å²) >= 11 is 0. The van der Waals surface area contributed by atoms with E-state index in [0.29, 0.717) is 37.2 Å². The monoisotopic (exact) mass is 398 g/mol. The van der Waals surface area contributed by atoms with Crippen molar-refractivity contribution in [1.82, 2.24) is 15.1 Å². The molecule has 4 rings (SSSR count). The van der Waals surface area contributed by atoms with Gasteiger partial charge in [-0.25, -0.2) is 0 Å². The largest absolute Gasteiger partial charge is 0.336 e. The third-order valence-electron chi connectivity index (χ3n) is 6.16. The first-order chi connectivity index (χ1) is 14.0. The van der Waals surface area contributed by atoms with Crippen LogP contribution < -0.4 is 11.1 Å². The minimum Gasteiger partial charge on any atom is -0.336 e. The second-order valence-corrected chi connectivity index (χ2v) is 8.00. The summed E-state index contributed by atoms with van der Waals surface area (Å²) in [6.45, 7) is 1.56. The van der Waals surface area contributed by atoms with Crippen LogP contribution in [0.5, 0.6) is 0 Å². The van der Waals surface area contributed by atoms with Crippen LogP contribution in [-0.4, -0.2) is 58.6 Å². The Morgan fingerprint density at radius 1 is 1.17 bits per heavy atom. The summed E-state index contributed by atoms with van der Waals surface area (Å²) in [4.78, 5) is 53.0. The summed E-state index contributed by atoms with van der Waals surface area (Å²) in [6, 6.07) is 4.71. The van der Waals surface area contributed by atoms with Crippen LogP contribution in [0.2, 0.25) is 0 Å². The van der Waals surface area contributed by atoms with Gasteiger partial charge in [0, 0.05) is 36.7 Å². The zero-order valence-corrected chi connectivity index (χ0v) is 16.4. The van der Waals surface area contributed by atoms with Gasteiger partial charge in [0.1, 0.15) is 6.04 Å². The summed E-state index contributed by atoms with van der Waals surface area (Å²) in [5.41, 5.74) is 7.47. The smallest absolute Gasteiger partial charge is 0.255 e. The number of hydrogen-bond donors (Lipinski definition) is 2. The maximum absolute atomic E-state index is 13.1. The maximum Gasteiger partial charge on any atom is 0.255 e. The minimum atomic E-state index is -0.650.